The summed E-state index contributed by atoms with van der Waals surface area (Å²) in [5, 5.41) is 3.32. The Kier molecular flexibility index (Phi) is 5.60. The van der Waals surface area contributed by atoms with Gasteiger partial charge in [0.15, 0.2) is 0 Å². The Bertz CT molecular complexity index is 618. The van der Waals surface area contributed by atoms with Crippen molar-refractivity contribution in [2.24, 2.45) is 0 Å². The zero-order chi connectivity index (χ0) is 15.5. The molecule has 2 rings (SSSR count). The first kappa shape index (κ1) is 16.7. The van der Waals surface area contributed by atoms with Crippen molar-refractivity contribution in [3.63, 3.8) is 0 Å². The Balaban J connectivity index is 2.18. The molecule has 1 aromatic rings. The minimum atomic E-state index is -3.36. The van der Waals surface area contributed by atoms with Gasteiger partial charge >= 0.3 is 0 Å². The predicted octanol–water partition coefficient (Wildman–Crippen LogP) is 2.90. The van der Waals surface area contributed by atoms with Crippen LogP contribution in [0.25, 0.3) is 0 Å². The minimum absolute atomic E-state index is 0.482. The number of thiophene rings is 1. The molecule has 1 aliphatic rings. The fourth-order valence-corrected chi connectivity index (χ4v) is 5.55. The van der Waals surface area contributed by atoms with Gasteiger partial charge in [0.2, 0.25) is 10.0 Å². The Labute approximate surface area is 131 Å². The fourth-order valence-electron chi connectivity index (χ4n) is 2.48. The number of nitrogens with one attached hydrogen (secondary N) is 1. The van der Waals surface area contributed by atoms with E-state index in [4.69, 9.17) is 0 Å². The summed E-state index contributed by atoms with van der Waals surface area (Å²) >= 11 is 1.57. The molecule has 0 spiro atoms. The number of aryl methyl sites for hydroxylation is 1. The first-order valence-electron chi connectivity index (χ1n) is 7.41. The second-order valence-electron chi connectivity index (χ2n) is 5.49. The molecule has 1 aromatic heterocycles. The van der Waals surface area contributed by atoms with Gasteiger partial charge in [-0.3, -0.25) is 0 Å². The lowest BCUT2D eigenvalue weighted by Gasteiger charge is -2.25. The van der Waals surface area contributed by atoms with Crippen LogP contribution in [0.5, 0.6) is 0 Å². The summed E-state index contributed by atoms with van der Waals surface area (Å²) in [5.41, 5.74) is 1.13. The fraction of sp³-hybridized carbons (Fsp3) is 0.600. The monoisotopic (exact) mass is 328 g/mol. The Morgan fingerprint density at radius 1 is 1.38 bits per heavy atom. The van der Waals surface area contributed by atoms with Crippen molar-refractivity contribution in [3.8, 4) is 0 Å². The summed E-state index contributed by atoms with van der Waals surface area (Å²) in [4.78, 5) is 2.45. The molecule has 0 saturated heterocycles. The van der Waals surface area contributed by atoms with Crippen molar-refractivity contribution in [3.05, 3.63) is 27.5 Å². The Morgan fingerprint density at radius 2 is 2.14 bits per heavy atom. The number of hydrogen-bond acceptors (Lipinski definition) is 4. The number of hydrogen-bond donors (Lipinski definition) is 1. The van der Waals surface area contributed by atoms with E-state index in [1.165, 1.54) is 0 Å². The highest BCUT2D eigenvalue weighted by atomic mass is 32.2. The molecular weight excluding hydrogens is 304 g/mol. The maximum absolute atomic E-state index is 12.8. The smallest absolute Gasteiger partial charge is 0.244 e. The summed E-state index contributed by atoms with van der Waals surface area (Å²) in [6.07, 6.45) is 4.00. The summed E-state index contributed by atoms with van der Waals surface area (Å²) < 4.78 is 27.2. The number of sulfonamides is 1. The van der Waals surface area contributed by atoms with Gasteiger partial charge in [0.25, 0.3) is 0 Å². The highest BCUT2D eigenvalue weighted by Gasteiger charge is 2.28. The van der Waals surface area contributed by atoms with Crippen LogP contribution in [0, 0.1) is 6.92 Å². The Morgan fingerprint density at radius 3 is 2.81 bits per heavy atom. The first-order chi connectivity index (χ1) is 9.95. The maximum atomic E-state index is 12.8. The molecule has 0 unspecified atom stereocenters. The van der Waals surface area contributed by atoms with E-state index in [0.717, 1.165) is 41.3 Å². The zero-order valence-electron chi connectivity index (χ0n) is 13.0. The lowest BCUT2D eigenvalue weighted by Crippen LogP contribution is -2.35. The van der Waals surface area contributed by atoms with Crippen LogP contribution in [0.15, 0.2) is 22.6 Å². The zero-order valence-corrected chi connectivity index (χ0v) is 14.6. The molecule has 0 radical (unpaired) electrons. The molecule has 0 aromatic carbocycles. The van der Waals surface area contributed by atoms with Crippen LogP contribution >= 0.6 is 11.3 Å². The van der Waals surface area contributed by atoms with Crippen molar-refractivity contribution in [1.29, 1.82) is 0 Å². The number of nitrogens with zero attached hydrogens (tertiary/aromatic N) is 1. The van der Waals surface area contributed by atoms with E-state index in [0.29, 0.717) is 18.0 Å². The molecule has 0 bridgehead atoms. The van der Waals surface area contributed by atoms with E-state index in [-0.39, 0.29) is 0 Å². The second-order valence-corrected chi connectivity index (χ2v) is 8.73. The third-order valence-electron chi connectivity index (χ3n) is 3.56. The SMILES string of the molecule is CCCNCc1cc(S(=O)(=O)N2CCC=C(C)C2)c(C)s1. The van der Waals surface area contributed by atoms with Gasteiger partial charge in [-0.1, -0.05) is 18.6 Å². The van der Waals surface area contributed by atoms with Crippen LogP contribution < -0.4 is 5.32 Å². The average Bonchev–Trinajstić information content (AvgIpc) is 2.81. The average molecular weight is 329 g/mol. The van der Waals surface area contributed by atoms with E-state index in [1.807, 2.05) is 19.9 Å². The molecule has 6 heteroatoms. The molecule has 21 heavy (non-hydrogen) atoms. The van der Waals surface area contributed by atoms with Crippen LogP contribution in [-0.4, -0.2) is 32.4 Å². The van der Waals surface area contributed by atoms with E-state index in [2.05, 4.69) is 18.3 Å². The topological polar surface area (TPSA) is 49.4 Å². The van der Waals surface area contributed by atoms with Gasteiger partial charge in [-0.2, -0.15) is 4.31 Å². The van der Waals surface area contributed by atoms with E-state index in [1.54, 1.807) is 15.6 Å². The summed E-state index contributed by atoms with van der Waals surface area (Å²) in [5.74, 6) is 0. The molecule has 0 aliphatic carbocycles. The Hall–Kier alpha value is -0.690. The first-order valence-corrected chi connectivity index (χ1v) is 9.66. The van der Waals surface area contributed by atoms with Crippen molar-refractivity contribution in [2.75, 3.05) is 19.6 Å². The van der Waals surface area contributed by atoms with Gasteiger partial charge in [-0.25, -0.2) is 8.42 Å². The van der Waals surface area contributed by atoms with Crippen molar-refractivity contribution >= 4 is 21.4 Å². The van der Waals surface area contributed by atoms with Gasteiger partial charge in [0.05, 0.1) is 4.90 Å². The second kappa shape index (κ2) is 7.05. The molecule has 0 saturated carbocycles. The molecule has 4 nitrogen and oxygen atoms in total. The largest absolute Gasteiger partial charge is 0.312 e. The summed E-state index contributed by atoms with van der Waals surface area (Å²) in [7, 11) is -3.36. The van der Waals surface area contributed by atoms with Gasteiger partial charge in [-0.15, -0.1) is 11.3 Å². The van der Waals surface area contributed by atoms with Crippen molar-refractivity contribution in [1.82, 2.24) is 9.62 Å². The van der Waals surface area contributed by atoms with E-state index >= 15 is 0 Å². The van der Waals surface area contributed by atoms with Gasteiger partial charge in [0.1, 0.15) is 0 Å². The van der Waals surface area contributed by atoms with Crippen LogP contribution in [0.3, 0.4) is 0 Å². The number of rotatable bonds is 6. The third-order valence-corrected chi connectivity index (χ3v) is 6.72. The maximum Gasteiger partial charge on any atom is 0.244 e. The molecule has 0 atom stereocenters. The highest BCUT2D eigenvalue weighted by molar-refractivity contribution is 7.89. The highest BCUT2D eigenvalue weighted by Crippen LogP contribution is 2.29. The lowest BCUT2D eigenvalue weighted by molar-refractivity contribution is 0.428. The molecule has 1 N–H and O–H groups in total. The van der Waals surface area contributed by atoms with Gasteiger partial charge in [-0.05, 0) is 39.3 Å². The van der Waals surface area contributed by atoms with Crippen LogP contribution in [-0.2, 0) is 16.6 Å². The van der Waals surface area contributed by atoms with Gasteiger partial charge < -0.3 is 5.32 Å². The molecule has 0 fully saturated rings. The normalized spacial score (nSPS) is 17.0. The van der Waals surface area contributed by atoms with Crippen molar-refractivity contribution in [2.45, 2.75) is 45.1 Å². The lowest BCUT2D eigenvalue weighted by atomic mass is 10.2. The van der Waals surface area contributed by atoms with Crippen LogP contribution in [0.2, 0.25) is 0 Å². The molecule has 118 valence electrons. The van der Waals surface area contributed by atoms with E-state index in [9.17, 15) is 8.42 Å². The predicted molar refractivity (Wildman–Crippen MR) is 88.2 cm³/mol. The summed E-state index contributed by atoms with van der Waals surface area (Å²) in [6, 6.07) is 1.84. The molecule has 1 aliphatic heterocycles. The van der Waals surface area contributed by atoms with Crippen LogP contribution in [0.4, 0.5) is 0 Å². The van der Waals surface area contributed by atoms with E-state index < -0.39 is 10.0 Å². The summed E-state index contributed by atoms with van der Waals surface area (Å²) in [6.45, 7) is 8.80. The molecular formula is C15H24N2O2S2. The molecule has 0 amide bonds. The van der Waals surface area contributed by atoms with Crippen molar-refractivity contribution < 1.29 is 8.42 Å². The van der Waals surface area contributed by atoms with Gasteiger partial charge in [0, 0.05) is 29.4 Å². The van der Waals surface area contributed by atoms with Crippen LogP contribution in [0.1, 0.15) is 36.4 Å². The quantitative estimate of drug-likeness (QED) is 0.645. The minimum Gasteiger partial charge on any atom is -0.312 e. The third kappa shape index (κ3) is 3.94. The standard InChI is InChI=1S/C15H24N2O2S2/c1-4-7-16-10-14-9-15(13(3)20-14)21(18,19)17-8-5-6-12(2)11-17/h6,9,16H,4-5,7-8,10-11H2,1-3H3. The molecule has 2 heterocycles.